The third-order valence-electron chi connectivity index (χ3n) is 6.04. The number of rotatable bonds is 4. The first-order chi connectivity index (χ1) is 14.6. The Bertz CT molecular complexity index is 782. The molecule has 4 heterocycles. The highest BCUT2D eigenvalue weighted by Gasteiger charge is 2.47. The van der Waals surface area contributed by atoms with Gasteiger partial charge in [-0.15, -0.1) is 11.3 Å². The normalized spacial score (nSPS) is 25.2. The Morgan fingerprint density at radius 1 is 1.35 bits per heavy atom. The van der Waals surface area contributed by atoms with Gasteiger partial charge in [0.05, 0.1) is 17.2 Å². The molecule has 31 heavy (non-hydrogen) atoms. The Labute approximate surface area is 183 Å². The number of ether oxygens (including phenoxy) is 1. The van der Waals surface area contributed by atoms with Crippen LogP contribution in [0.2, 0.25) is 0 Å². The number of aliphatic carboxylic acids is 1. The molecule has 1 amide bonds. The zero-order valence-electron chi connectivity index (χ0n) is 17.5. The van der Waals surface area contributed by atoms with Gasteiger partial charge in [0.15, 0.2) is 0 Å². The molecule has 1 unspecified atom stereocenters. The van der Waals surface area contributed by atoms with Crippen LogP contribution in [0.25, 0.3) is 0 Å². The molecule has 1 atom stereocenters. The average molecular weight is 464 g/mol. The number of hydrogen-bond acceptors (Lipinski definition) is 6. The average Bonchev–Trinajstić information content (AvgIpc) is 3.36. The van der Waals surface area contributed by atoms with Crippen LogP contribution in [0.1, 0.15) is 36.4 Å². The zero-order chi connectivity index (χ0) is 22.6. The van der Waals surface area contributed by atoms with Crippen LogP contribution in [0, 0.1) is 18.3 Å². The lowest BCUT2D eigenvalue weighted by molar-refractivity contribution is -0.192. The molecule has 3 aliphatic heterocycles. The highest BCUT2D eigenvalue weighted by molar-refractivity contribution is 7.09. The van der Waals surface area contributed by atoms with Gasteiger partial charge in [-0.3, -0.25) is 4.79 Å². The number of carbonyl (C=O) groups is 2. The van der Waals surface area contributed by atoms with Crippen molar-refractivity contribution in [2.45, 2.75) is 45.3 Å². The van der Waals surface area contributed by atoms with E-state index in [1.165, 1.54) is 19.4 Å². The minimum absolute atomic E-state index is 0.188. The number of thiazole rings is 1. The SMILES string of the molecule is Cc1nc(CN2CC3(CCN(CC4CCOCC4)C3)CC2=O)cs1.O=C(O)C(F)(F)F. The first kappa shape index (κ1) is 23.9. The van der Waals surface area contributed by atoms with Crippen LogP contribution < -0.4 is 0 Å². The Balaban J connectivity index is 0.000000339. The summed E-state index contributed by atoms with van der Waals surface area (Å²) in [6, 6.07) is 0. The molecule has 3 fully saturated rings. The summed E-state index contributed by atoms with van der Waals surface area (Å²) in [6.07, 6.45) is -0.815. The number of alkyl halides is 3. The van der Waals surface area contributed by atoms with Gasteiger partial charge in [-0.05, 0) is 38.6 Å². The van der Waals surface area contributed by atoms with Crippen LogP contribution in [-0.2, 0) is 20.9 Å². The zero-order valence-corrected chi connectivity index (χ0v) is 18.3. The van der Waals surface area contributed by atoms with Crippen LogP contribution in [0.4, 0.5) is 13.2 Å². The molecule has 3 saturated heterocycles. The van der Waals surface area contributed by atoms with Gasteiger partial charge in [0.1, 0.15) is 0 Å². The Morgan fingerprint density at radius 3 is 2.61 bits per heavy atom. The van der Waals surface area contributed by atoms with Crippen LogP contribution >= 0.6 is 11.3 Å². The van der Waals surface area contributed by atoms with Crippen LogP contribution in [0.5, 0.6) is 0 Å². The molecule has 1 aromatic rings. The van der Waals surface area contributed by atoms with Crippen molar-refractivity contribution in [3.05, 3.63) is 16.1 Å². The summed E-state index contributed by atoms with van der Waals surface area (Å²) in [5, 5.41) is 10.3. The molecule has 0 saturated carbocycles. The van der Waals surface area contributed by atoms with Crippen molar-refractivity contribution >= 4 is 23.2 Å². The van der Waals surface area contributed by atoms with Crippen LogP contribution in [0.15, 0.2) is 5.38 Å². The van der Waals surface area contributed by atoms with E-state index in [2.05, 4.69) is 15.3 Å². The summed E-state index contributed by atoms with van der Waals surface area (Å²) < 4.78 is 37.2. The lowest BCUT2D eigenvalue weighted by atomic mass is 9.86. The van der Waals surface area contributed by atoms with Crippen LogP contribution in [0.3, 0.4) is 0 Å². The lowest BCUT2D eigenvalue weighted by Crippen LogP contribution is -2.34. The lowest BCUT2D eigenvalue weighted by Gasteiger charge is -2.28. The number of hydrogen-bond donors (Lipinski definition) is 1. The number of carbonyl (C=O) groups excluding carboxylic acids is 1. The molecule has 3 aliphatic rings. The van der Waals surface area contributed by atoms with Gasteiger partial charge in [0, 0.05) is 50.1 Å². The smallest absolute Gasteiger partial charge is 0.475 e. The number of aryl methyl sites for hydroxylation is 1. The number of carboxylic acid groups (broad SMARTS) is 1. The predicted octanol–water partition coefficient (Wildman–Crippen LogP) is 2.94. The summed E-state index contributed by atoms with van der Waals surface area (Å²) >= 11 is 1.67. The van der Waals surface area contributed by atoms with Gasteiger partial charge in [0.25, 0.3) is 0 Å². The minimum atomic E-state index is -5.08. The van der Waals surface area contributed by atoms with Gasteiger partial charge in [-0.2, -0.15) is 13.2 Å². The summed E-state index contributed by atoms with van der Waals surface area (Å²) in [5.74, 6) is -1.67. The van der Waals surface area contributed by atoms with E-state index in [0.29, 0.717) is 12.5 Å². The highest BCUT2D eigenvalue weighted by atomic mass is 32.1. The Morgan fingerprint density at radius 2 is 2.03 bits per heavy atom. The van der Waals surface area contributed by atoms with Gasteiger partial charge < -0.3 is 19.6 Å². The van der Waals surface area contributed by atoms with E-state index in [1.807, 2.05) is 11.8 Å². The van der Waals surface area contributed by atoms with Crippen molar-refractivity contribution in [2.75, 3.05) is 39.4 Å². The highest BCUT2D eigenvalue weighted by Crippen LogP contribution is 2.41. The standard InChI is InChI=1S/C18H27N3O2S.C2HF3O2/c1-14-19-16(11-24-14)10-21-13-18(8-17(21)22)4-5-20(12-18)9-15-2-6-23-7-3-15;3-2(4,5)1(6)7/h11,15H,2-10,12-13H2,1H3;(H,6,7). The topological polar surface area (TPSA) is 83.0 Å². The second-order valence-corrected chi connectivity index (χ2v) is 9.69. The molecule has 1 N–H and O–H groups in total. The number of aromatic nitrogens is 1. The Kier molecular flexibility index (Phi) is 7.59. The molecule has 1 aromatic heterocycles. The van der Waals surface area contributed by atoms with Crippen molar-refractivity contribution in [3.8, 4) is 0 Å². The third kappa shape index (κ3) is 6.63. The van der Waals surface area contributed by atoms with Crippen molar-refractivity contribution < 1.29 is 32.6 Å². The maximum Gasteiger partial charge on any atom is 0.490 e. The summed E-state index contributed by atoms with van der Waals surface area (Å²) in [4.78, 5) is 30.6. The maximum absolute atomic E-state index is 12.5. The molecule has 0 bridgehead atoms. The van der Waals surface area contributed by atoms with E-state index in [0.717, 1.165) is 62.3 Å². The number of carboxylic acids is 1. The second-order valence-electron chi connectivity index (χ2n) is 8.63. The molecule has 1 spiro atoms. The number of likely N-dealkylation sites (tertiary alicyclic amines) is 2. The van der Waals surface area contributed by atoms with Crippen molar-refractivity contribution in [1.29, 1.82) is 0 Å². The fraction of sp³-hybridized carbons (Fsp3) is 0.750. The molecular formula is C20H28F3N3O4S. The molecule has 4 rings (SSSR count). The number of halogens is 3. The molecule has 0 aromatic carbocycles. The van der Waals surface area contributed by atoms with Crippen molar-refractivity contribution in [3.63, 3.8) is 0 Å². The maximum atomic E-state index is 12.5. The molecular weight excluding hydrogens is 435 g/mol. The summed E-state index contributed by atoms with van der Waals surface area (Å²) in [5.41, 5.74) is 1.23. The largest absolute Gasteiger partial charge is 0.490 e. The molecule has 7 nitrogen and oxygen atoms in total. The van der Waals surface area contributed by atoms with Gasteiger partial charge >= 0.3 is 12.1 Å². The van der Waals surface area contributed by atoms with E-state index < -0.39 is 12.1 Å². The number of nitrogens with zero attached hydrogens (tertiary/aromatic N) is 3. The van der Waals surface area contributed by atoms with Gasteiger partial charge in [-0.1, -0.05) is 0 Å². The Hall–Kier alpha value is -1.72. The first-order valence-corrected chi connectivity index (χ1v) is 11.2. The summed E-state index contributed by atoms with van der Waals surface area (Å²) in [6.45, 7) is 8.87. The number of amides is 1. The van der Waals surface area contributed by atoms with E-state index in [4.69, 9.17) is 14.6 Å². The second kappa shape index (κ2) is 9.83. The fourth-order valence-corrected chi connectivity index (χ4v) is 5.16. The monoisotopic (exact) mass is 463 g/mol. The molecule has 11 heteroatoms. The van der Waals surface area contributed by atoms with E-state index in [1.54, 1.807) is 11.3 Å². The van der Waals surface area contributed by atoms with E-state index >= 15 is 0 Å². The van der Waals surface area contributed by atoms with Gasteiger partial charge in [0.2, 0.25) is 5.91 Å². The minimum Gasteiger partial charge on any atom is -0.475 e. The van der Waals surface area contributed by atoms with Crippen molar-refractivity contribution in [2.24, 2.45) is 11.3 Å². The predicted molar refractivity (Wildman–Crippen MR) is 108 cm³/mol. The third-order valence-corrected chi connectivity index (χ3v) is 6.86. The quantitative estimate of drug-likeness (QED) is 0.740. The van der Waals surface area contributed by atoms with Gasteiger partial charge in [-0.25, -0.2) is 9.78 Å². The van der Waals surface area contributed by atoms with Crippen LogP contribution in [-0.4, -0.2) is 77.3 Å². The fourth-order valence-electron chi connectivity index (χ4n) is 4.55. The molecule has 0 radical (unpaired) electrons. The molecule has 0 aliphatic carbocycles. The van der Waals surface area contributed by atoms with Crippen molar-refractivity contribution in [1.82, 2.24) is 14.8 Å². The van der Waals surface area contributed by atoms with E-state index in [-0.39, 0.29) is 5.41 Å². The first-order valence-electron chi connectivity index (χ1n) is 10.4. The summed E-state index contributed by atoms with van der Waals surface area (Å²) in [7, 11) is 0. The molecule has 174 valence electrons. The van der Waals surface area contributed by atoms with E-state index in [9.17, 15) is 18.0 Å².